The molecule has 4 aromatic rings. The van der Waals surface area contributed by atoms with Gasteiger partial charge in [-0.25, -0.2) is 0 Å². The third-order valence-corrected chi connectivity index (χ3v) is 13.5. The van der Waals surface area contributed by atoms with Gasteiger partial charge in [-0.05, 0) is 87.5 Å². The lowest BCUT2D eigenvalue weighted by Gasteiger charge is -2.31. The molecule has 4 heterocycles. The number of carbonyl (C=O) groups is 8. The molecule has 2 aromatic carbocycles. The van der Waals surface area contributed by atoms with E-state index < -0.39 is 36.0 Å². The number of fused-ring (bicyclic) bond motifs is 2. The number of nitrogens with one attached hydrogen (secondary N) is 8. The van der Waals surface area contributed by atoms with Crippen molar-refractivity contribution in [3.63, 3.8) is 0 Å². The van der Waals surface area contributed by atoms with Crippen molar-refractivity contribution < 1.29 is 38.4 Å². The maximum atomic E-state index is 13.4. The van der Waals surface area contributed by atoms with Gasteiger partial charge in [-0.3, -0.25) is 38.4 Å². The van der Waals surface area contributed by atoms with E-state index in [1.807, 2.05) is 48.5 Å². The predicted octanol–water partition coefficient (Wildman–Crippen LogP) is 4.16. The molecule has 4 fully saturated rings. The van der Waals surface area contributed by atoms with Crippen LogP contribution in [-0.4, -0.2) is 106 Å². The van der Waals surface area contributed by atoms with Crippen molar-refractivity contribution in [2.75, 3.05) is 24.8 Å². The minimum absolute atomic E-state index is 0.0230. The molecule has 8 N–H and O–H groups in total. The first-order valence-corrected chi connectivity index (χ1v) is 23.6. The summed E-state index contributed by atoms with van der Waals surface area (Å²) in [5, 5.41) is 18.6. The van der Waals surface area contributed by atoms with Crippen LogP contribution in [0.5, 0.6) is 0 Å². The summed E-state index contributed by atoms with van der Waals surface area (Å²) in [7, 11) is 0. The first kappa shape index (κ1) is 47.2. The Bertz CT molecular complexity index is 2340. The zero-order chi connectivity index (χ0) is 46.0. The average molecular weight is 932 g/mol. The zero-order valence-corrected chi connectivity index (χ0v) is 37.5. The van der Waals surface area contributed by atoms with E-state index in [0.29, 0.717) is 37.3 Å². The second-order valence-electron chi connectivity index (χ2n) is 17.5. The Morgan fingerprint density at radius 1 is 0.554 bits per heavy atom. The van der Waals surface area contributed by atoms with Crippen LogP contribution in [0.3, 0.4) is 0 Å². The molecule has 65 heavy (non-hydrogen) atoms. The summed E-state index contributed by atoms with van der Waals surface area (Å²) < 4.78 is 0. The molecule has 2 aromatic heterocycles. The fraction of sp³-hybridized carbons (Fsp3) is 0.489. The van der Waals surface area contributed by atoms with Gasteiger partial charge in [0.1, 0.15) is 23.5 Å². The van der Waals surface area contributed by atoms with Crippen molar-refractivity contribution in [1.82, 2.24) is 41.9 Å². The SMILES string of the molecule is O=C(N[C@H](C(=O)N[C@@H](CC1CCNC1=O)C(=O)CCl)C1CCCCC1)c1cc2ccccc2[nH]1.O=C(N[C@H](C(=O)N[C@@H](C[C@@H]1CCNC1=O)C(=O)CCl)C1CC1)c1cc2ccccc2[nH]1. The zero-order valence-electron chi connectivity index (χ0n) is 36.0. The highest BCUT2D eigenvalue weighted by Crippen LogP contribution is 2.33. The van der Waals surface area contributed by atoms with Crippen LogP contribution < -0.4 is 31.9 Å². The Balaban J connectivity index is 0.000000195. The summed E-state index contributed by atoms with van der Waals surface area (Å²) in [5.74, 6) is -3.66. The molecular formula is C47H56Cl2N8O8. The van der Waals surface area contributed by atoms with Gasteiger partial charge in [-0.1, -0.05) is 55.7 Å². The Labute approximate surface area is 386 Å². The monoisotopic (exact) mass is 930 g/mol. The van der Waals surface area contributed by atoms with E-state index in [-0.39, 0.29) is 83.5 Å². The first-order chi connectivity index (χ1) is 31.4. The maximum Gasteiger partial charge on any atom is 0.268 e. The number of rotatable bonds is 18. The number of para-hydroxylation sites is 2. The number of Topliss-reactive ketones (excluding diaryl/α,β-unsaturated/α-hetero) is 2. The highest BCUT2D eigenvalue weighted by Gasteiger charge is 2.40. The first-order valence-electron chi connectivity index (χ1n) is 22.5. The number of halogens is 2. The Kier molecular flexibility index (Phi) is 16.0. The number of H-pyrrole nitrogens is 2. The van der Waals surface area contributed by atoms with Gasteiger partial charge < -0.3 is 41.9 Å². The molecule has 0 bridgehead atoms. The topological polar surface area (TPSA) is 240 Å². The minimum atomic E-state index is -0.866. The van der Waals surface area contributed by atoms with E-state index in [9.17, 15) is 38.4 Å². The van der Waals surface area contributed by atoms with E-state index in [2.05, 4.69) is 41.9 Å². The van der Waals surface area contributed by atoms with Crippen LogP contribution in [0.25, 0.3) is 21.8 Å². The molecule has 6 amide bonds. The van der Waals surface area contributed by atoms with Gasteiger partial charge in [0.05, 0.1) is 23.8 Å². The number of hydrogen-bond acceptors (Lipinski definition) is 8. The largest absolute Gasteiger partial charge is 0.356 e. The summed E-state index contributed by atoms with van der Waals surface area (Å²) in [5.41, 5.74) is 2.43. The van der Waals surface area contributed by atoms with Crippen molar-refractivity contribution in [3.8, 4) is 0 Å². The van der Waals surface area contributed by atoms with E-state index in [4.69, 9.17) is 23.2 Å². The number of benzene rings is 2. The summed E-state index contributed by atoms with van der Waals surface area (Å²) >= 11 is 11.5. The standard InChI is InChI=1S/C25H31ClN4O4.C22H25ClN4O4/c26-14-21(31)19(13-17-10-11-27-23(17)32)29-25(34)22(15-6-2-1-3-7-15)30-24(33)20-12-16-8-4-5-9-18(16)28-20;23-11-18(28)16(10-14-7-8-24-20(14)29)26-22(31)19(12-5-6-12)27-21(30)17-9-13-3-1-2-4-15(13)25-17/h4-5,8-9,12,15,17,19,22,28H,1-3,6-7,10-11,13-14H2,(H,27,32)(H,29,34)(H,30,33);1-4,9,12,14,16,19,25H,5-8,10-11H2,(H,24,29)(H,26,31)(H,27,30)/t17?,19-,22-;14-,16-,19-/m00/s1. The normalized spacial score (nSPS) is 20.3. The van der Waals surface area contributed by atoms with Gasteiger partial charge in [0.25, 0.3) is 11.8 Å². The van der Waals surface area contributed by atoms with E-state index in [1.54, 1.807) is 12.1 Å². The Hall–Kier alpha value is -5.74. The number of hydrogen-bond donors (Lipinski definition) is 8. The molecule has 8 rings (SSSR count). The number of carbonyl (C=O) groups excluding carboxylic acids is 8. The molecule has 2 aliphatic carbocycles. The molecule has 2 saturated carbocycles. The second-order valence-corrected chi connectivity index (χ2v) is 18.1. The lowest BCUT2D eigenvalue weighted by Crippen LogP contribution is -2.55. The van der Waals surface area contributed by atoms with Crippen LogP contribution in [0.15, 0.2) is 60.7 Å². The van der Waals surface area contributed by atoms with Gasteiger partial charge in [0, 0.05) is 46.7 Å². The molecule has 2 saturated heterocycles. The van der Waals surface area contributed by atoms with Gasteiger partial charge in [-0.2, -0.15) is 0 Å². The second kappa shape index (κ2) is 22.0. The van der Waals surface area contributed by atoms with Gasteiger partial charge in [0.2, 0.25) is 23.6 Å². The molecular weight excluding hydrogens is 875 g/mol. The number of ketones is 2. The third-order valence-electron chi connectivity index (χ3n) is 12.9. The third kappa shape index (κ3) is 12.1. The van der Waals surface area contributed by atoms with Gasteiger partial charge in [-0.15, -0.1) is 23.2 Å². The smallest absolute Gasteiger partial charge is 0.268 e. The van der Waals surface area contributed by atoms with Crippen molar-refractivity contribution in [1.29, 1.82) is 0 Å². The molecule has 6 atom stereocenters. The molecule has 0 radical (unpaired) electrons. The van der Waals surface area contributed by atoms with E-state index in [0.717, 1.165) is 66.8 Å². The summed E-state index contributed by atoms with van der Waals surface area (Å²) in [4.78, 5) is 107. The molecule has 1 unspecified atom stereocenters. The fourth-order valence-electron chi connectivity index (χ4n) is 9.08. The molecule has 346 valence electrons. The number of aromatic nitrogens is 2. The molecule has 0 spiro atoms. The number of alkyl halides is 2. The van der Waals surface area contributed by atoms with Crippen LogP contribution in [0.4, 0.5) is 0 Å². The van der Waals surface area contributed by atoms with Crippen LogP contribution in [-0.2, 0) is 28.8 Å². The highest BCUT2D eigenvalue weighted by molar-refractivity contribution is 6.29. The van der Waals surface area contributed by atoms with Crippen molar-refractivity contribution in [2.45, 2.75) is 94.8 Å². The summed E-state index contributed by atoms with van der Waals surface area (Å²) in [6.45, 7) is 1.12. The molecule has 18 heteroatoms. The molecule has 4 aliphatic rings. The fourth-order valence-corrected chi connectivity index (χ4v) is 9.45. The maximum absolute atomic E-state index is 13.4. The van der Waals surface area contributed by atoms with E-state index >= 15 is 0 Å². The number of aromatic amines is 2. The average Bonchev–Trinajstić information content (AvgIpc) is 3.59. The summed E-state index contributed by atoms with van der Waals surface area (Å²) in [6, 6.07) is 15.4. The molecule has 2 aliphatic heterocycles. The predicted molar refractivity (Wildman–Crippen MR) is 245 cm³/mol. The van der Waals surface area contributed by atoms with Gasteiger partial charge >= 0.3 is 0 Å². The van der Waals surface area contributed by atoms with Crippen molar-refractivity contribution in [2.24, 2.45) is 23.7 Å². The number of amides is 6. The van der Waals surface area contributed by atoms with Crippen molar-refractivity contribution >= 4 is 92.0 Å². The molecule has 16 nitrogen and oxygen atoms in total. The van der Waals surface area contributed by atoms with Crippen LogP contribution in [0, 0.1) is 23.7 Å². The highest BCUT2D eigenvalue weighted by atomic mass is 35.5. The van der Waals surface area contributed by atoms with Gasteiger partial charge in [0.15, 0.2) is 11.6 Å². The quantitative estimate of drug-likeness (QED) is 0.0673. The summed E-state index contributed by atoms with van der Waals surface area (Å²) in [6.07, 6.45) is 8.01. The lowest BCUT2D eigenvalue weighted by atomic mass is 9.83. The Morgan fingerprint density at radius 3 is 1.34 bits per heavy atom. The Morgan fingerprint density at radius 2 is 0.969 bits per heavy atom. The van der Waals surface area contributed by atoms with Crippen LogP contribution in [0.2, 0.25) is 0 Å². The van der Waals surface area contributed by atoms with Crippen LogP contribution >= 0.6 is 23.2 Å². The minimum Gasteiger partial charge on any atom is -0.356 e. The lowest BCUT2D eigenvalue weighted by molar-refractivity contribution is -0.130. The van der Waals surface area contributed by atoms with E-state index in [1.165, 1.54) is 0 Å². The van der Waals surface area contributed by atoms with Crippen molar-refractivity contribution in [3.05, 3.63) is 72.1 Å². The van der Waals surface area contributed by atoms with Crippen LogP contribution in [0.1, 0.15) is 91.6 Å².